The molecule has 0 unspecified atom stereocenters. The Balaban J connectivity index is 1.75. The molecule has 2 aromatic carbocycles. The van der Waals surface area contributed by atoms with Gasteiger partial charge in [-0.05, 0) is 42.5 Å². The molecule has 3 rings (SSSR count). The Hall–Kier alpha value is -2.86. The van der Waals surface area contributed by atoms with E-state index in [1.54, 1.807) is 42.8 Å². The van der Waals surface area contributed by atoms with Gasteiger partial charge in [-0.1, -0.05) is 0 Å². The van der Waals surface area contributed by atoms with Crippen LogP contribution in [0.15, 0.2) is 54.0 Å². The number of methoxy groups -OCH3 is 2. The zero-order chi connectivity index (χ0) is 16.9. The fourth-order valence-corrected chi connectivity index (χ4v) is 2.89. The van der Waals surface area contributed by atoms with Gasteiger partial charge >= 0.3 is 0 Å². The van der Waals surface area contributed by atoms with E-state index in [-0.39, 0.29) is 5.91 Å². The SMILES string of the molecule is COc1ccc(C(=O)Nc2ccc(-c3nccs3)cc2)cc1OC. The highest BCUT2D eigenvalue weighted by Gasteiger charge is 2.11. The third-order valence-corrected chi connectivity index (χ3v) is 4.29. The average molecular weight is 340 g/mol. The van der Waals surface area contributed by atoms with Crippen LogP contribution < -0.4 is 14.8 Å². The molecule has 1 amide bonds. The van der Waals surface area contributed by atoms with E-state index in [1.807, 2.05) is 29.6 Å². The molecule has 0 aliphatic carbocycles. The second-order valence-electron chi connectivity index (χ2n) is 4.94. The normalized spacial score (nSPS) is 10.2. The van der Waals surface area contributed by atoms with Crippen LogP contribution in [-0.4, -0.2) is 25.1 Å². The Morgan fingerprint density at radius 1 is 1.04 bits per heavy atom. The van der Waals surface area contributed by atoms with Crippen LogP contribution in [0.3, 0.4) is 0 Å². The molecule has 0 bridgehead atoms. The van der Waals surface area contributed by atoms with E-state index in [9.17, 15) is 4.79 Å². The van der Waals surface area contributed by atoms with Crippen molar-refractivity contribution >= 4 is 22.9 Å². The maximum atomic E-state index is 12.4. The van der Waals surface area contributed by atoms with Crippen molar-refractivity contribution in [3.63, 3.8) is 0 Å². The van der Waals surface area contributed by atoms with E-state index >= 15 is 0 Å². The number of thiazole rings is 1. The predicted octanol–water partition coefficient (Wildman–Crippen LogP) is 4.08. The van der Waals surface area contributed by atoms with Crippen molar-refractivity contribution in [1.29, 1.82) is 0 Å². The van der Waals surface area contributed by atoms with E-state index < -0.39 is 0 Å². The zero-order valence-electron chi connectivity index (χ0n) is 13.3. The molecule has 122 valence electrons. The quantitative estimate of drug-likeness (QED) is 0.760. The number of hydrogen-bond acceptors (Lipinski definition) is 5. The zero-order valence-corrected chi connectivity index (χ0v) is 14.1. The van der Waals surface area contributed by atoms with Crippen LogP contribution >= 0.6 is 11.3 Å². The van der Waals surface area contributed by atoms with E-state index in [2.05, 4.69) is 10.3 Å². The molecule has 1 heterocycles. The number of carbonyl (C=O) groups excluding carboxylic acids is 1. The van der Waals surface area contributed by atoms with Crippen LogP contribution in [0.1, 0.15) is 10.4 Å². The number of ether oxygens (including phenoxy) is 2. The van der Waals surface area contributed by atoms with E-state index in [1.165, 1.54) is 7.11 Å². The molecule has 0 fully saturated rings. The fraction of sp³-hybridized carbons (Fsp3) is 0.111. The smallest absolute Gasteiger partial charge is 0.255 e. The van der Waals surface area contributed by atoms with Gasteiger partial charge in [0.15, 0.2) is 11.5 Å². The van der Waals surface area contributed by atoms with Gasteiger partial charge in [-0.15, -0.1) is 11.3 Å². The van der Waals surface area contributed by atoms with Gasteiger partial charge in [-0.25, -0.2) is 4.98 Å². The first kappa shape index (κ1) is 16.0. The van der Waals surface area contributed by atoms with E-state index in [0.717, 1.165) is 16.3 Å². The highest BCUT2D eigenvalue weighted by Crippen LogP contribution is 2.28. The monoisotopic (exact) mass is 340 g/mol. The maximum Gasteiger partial charge on any atom is 0.255 e. The first-order chi connectivity index (χ1) is 11.7. The second-order valence-corrected chi connectivity index (χ2v) is 5.83. The highest BCUT2D eigenvalue weighted by atomic mass is 32.1. The molecule has 1 aromatic heterocycles. The lowest BCUT2D eigenvalue weighted by molar-refractivity contribution is 0.102. The number of amides is 1. The molecule has 0 spiro atoms. The van der Waals surface area contributed by atoms with Crippen molar-refractivity contribution < 1.29 is 14.3 Å². The molecule has 0 saturated carbocycles. The largest absolute Gasteiger partial charge is 0.493 e. The number of aromatic nitrogens is 1. The molecule has 0 aliphatic heterocycles. The molecular weight excluding hydrogens is 324 g/mol. The Morgan fingerprint density at radius 3 is 2.42 bits per heavy atom. The van der Waals surface area contributed by atoms with Crippen LogP contribution in [0, 0.1) is 0 Å². The van der Waals surface area contributed by atoms with Gasteiger partial charge in [0.1, 0.15) is 5.01 Å². The predicted molar refractivity (Wildman–Crippen MR) is 95.0 cm³/mol. The van der Waals surface area contributed by atoms with Crippen LogP contribution in [0.25, 0.3) is 10.6 Å². The first-order valence-electron chi connectivity index (χ1n) is 7.24. The number of nitrogens with one attached hydrogen (secondary N) is 1. The summed E-state index contributed by atoms with van der Waals surface area (Å²) < 4.78 is 10.4. The van der Waals surface area contributed by atoms with Crippen molar-refractivity contribution in [2.75, 3.05) is 19.5 Å². The van der Waals surface area contributed by atoms with Gasteiger partial charge in [-0.2, -0.15) is 0 Å². The molecule has 5 nitrogen and oxygen atoms in total. The number of nitrogens with zero attached hydrogens (tertiary/aromatic N) is 1. The minimum atomic E-state index is -0.210. The van der Waals surface area contributed by atoms with Crippen LogP contribution in [-0.2, 0) is 0 Å². The van der Waals surface area contributed by atoms with Gasteiger partial charge in [0.2, 0.25) is 0 Å². The molecule has 24 heavy (non-hydrogen) atoms. The van der Waals surface area contributed by atoms with E-state index in [0.29, 0.717) is 17.1 Å². The van der Waals surface area contributed by atoms with Crippen molar-refractivity contribution in [1.82, 2.24) is 4.98 Å². The van der Waals surface area contributed by atoms with Gasteiger partial charge in [0.25, 0.3) is 5.91 Å². The van der Waals surface area contributed by atoms with Crippen LogP contribution in [0.5, 0.6) is 11.5 Å². The fourth-order valence-electron chi connectivity index (χ4n) is 2.24. The lowest BCUT2D eigenvalue weighted by atomic mass is 10.1. The van der Waals surface area contributed by atoms with Gasteiger partial charge in [0, 0.05) is 28.4 Å². The number of rotatable bonds is 5. The van der Waals surface area contributed by atoms with E-state index in [4.69, 9.17) is 9.47 Å². The molecule has 6 heteroatoms. The lowest BCUT2D eigenvalue weighted by Gasteiger charge is -2.10. The standard InChI is InChI=1S/C18H16N2O3S/c1-22-15-8-5-13(11-16(15)23-2)17(21)20-14-6-3-12(4-7-14)18-19-9-10-24-18/h3-11H,1-2H3,(H,20,21). The Bertz CT molecular complexity index is 830. The number of carbonyl (C=O) groups is 1. The summed E-state index contributed by atoms with van der Waals surface area (Å²) in [7, 11) is 3.10. The van der Waals surface area contributed by atoms with Gasteiger partial charge in [-0.3, -0.25) is 4.79 Å². The lowest BCUT2D eigenvalue weighted by Crippen LogP contribution is -2.12. The molecule has 3 aromatic rings. The Morgan fingerprint density at radius 2 is 1.79 bits per heavy atom. The van der Waals surface area contributed by atoms with Gasteiger partial charge < -0.3 is 14.8 Å². The number of anilines is 1. The van der Waals surface area contributed by atoms with Crippen LogP contribution in [0.2, 0.25) is 0 Å². The summed E-state index contributed by atoms with van der Waals surface area (Å²) in [6.07, 6.45) is 1.77. The topological polar surface area (TPSA) is 60.5 Å². The summed E-state index contributed by atoms with van der Waals surface area (Å²) in [6, 6.07) is 12.6. The van der Waals surface area contributed by atoms with Crippen LogP contribution in [0.4, 0.5) is 5.69 Å². The second kappa shape index (κ2) is 7.14. The molecule has 1 N–H and O–H groups in total. The Labute approximate surface area is 143 Å². The molecule has 0 aliphatic rings. The summed E-state index contributed by atoms with van der Waals surface area (Å²) >= 11 is 1.58. The molecule has 0 atom stereocenters. The van der Waals surface area contributed by atoms with Crippen molar-refractivity contribution in [3.05, 3.63) is 59.6 Å². The summed E-state index contributed by atoms with van der Waals surface area (Å²) in [5.74, 6) is 0.893. The van der Waals surface area contributed by atoms with Crippen molar-refractivity contribution in [2.45, 2.75) is 0 Å². The molecule has 0 radical (unpaired) electrons. The molecular formula is C18H16N2O3S. The number of benzene rings is 2. The van der Waals surface area contributed by atoms with Gasteiger partial charge in [0.05, 0.1) is 14.2 Å². The third kappa shape index (κ3) is 3.38. The highest BCUT2D eigenvalue weighted by molar-refractivity contribution is 7.13. The Kier molecular flexibility index (Phi) is 4.77. The summed E-state index contributed by atoms with van der Waals surface area (Å²) in [5, 5.41) is 5.75. The minimum absolute atomic E-state index is 0.210. The molecule has 0 saturated heterocycles. The first-order valence-corrected chi connectivity index (χ1v) is 8.12. The van der Waals surface area contributed by atoms with Crippen molar-refractivity contribution in [2.24, 2.45) is 0 Å². The number of hydrogen-bond donors (Lipinski definition) is 1. The summed E-state index contributed by atoms with van der Waals surface area (Å²) in [4.78, 5) is 16.6. The van der Waals surface area contributed by atoms with Crippen molar-refractivity contribution in [3.8, 4) is 22.1 Å². The third-order valence-electron chi connectivity index (χ3n) is 3.47. The summed E-state index contributed by atoms with van der Waals surface area (Å²) in [6.45, 7) is 0. The maximum absolute atomic E-state index is 12.4. The summed E-state index contributed by atoms with van der Waals surface area (Å²) in [5.41, 5.74) is 2.24. The minimum Gasteiger partial charge on any atom is -0.493 e. The average Bonchev–Trinajstić information content (AvgIpc) is 3.16.